The zero-order chi connectivity index (χ0) is 13.2. The van der Waals surface area contributed by atoms with Crippen molar-refractivity contribution in [1.29, 1.82) is 0 Å². The number of hydrogen-bond acceptors (Lipinski definition) is 3. The second kappa shape index (κ2) is 5.08. The van der Waals surface area contributed by atoms with Crippen molar-refractivity contribution in [2.24, 2.45) is 5.73 Å². The summed E-state index contributed by atoms with van der Waals surface area (Å²) in [5.41, 5.74) is 7.81. The molecule has 2 rings (SSSR count). The summed E-state index contributed by atoms with van der Waals surface area (Å²) < 4.78 is 7.61. The molecule has 0 unspecified atom stereocenters. The van der Waals surface area contributed by atoms with E-state index >= 15 is 0 Å². The number of aryl methyl sites for hydroxylation is 1. The van der Waals surface area contributed by atoms with Gasteiger partial charge in [-0.15, -0.1) is 0 Å². The maximum atomic E-state index is 5.77. The Bertz CT molecular complexity index is 531. The van der Waals surface area contributed by atoms with E-state index < -0.39 is 0 Å². The van der Waals surface area contributed by atoms with Gasteiger partial charge in [-0.2, -0.15) is 0 Å². The molecule has 0 radical (unpaired) electrons. The molecule has 98 valence electrons. The van der Waals surface area contributed by atoms with Crippen LogP contribution in [-0.4, -0.2) is 22.3 Å². The Balaban J connectivity index is 2.28. The second-order valence-corrected chi connectivity index (χ2v) is 5.14. The third kappa shape index (κ3) is 2.54. The molecule has 0 spiro atoms. The molecule has 4 nitrogen and oxygen atoms in total. The number of ether oxygens (including phenoxy) is 1. The summed E-state index contributed by atoms with van der Waals surface area (Å²) in [6, 6.07) is 4.02. The van der Waals surface area contributed by atoms with Gasteiger partial charge < -0.3 is 15.0 Å². The van der Waals surface area contributed by atoms with Gasteiger partial charge in [0.25, 0.3) is 0 Å². The largest absolute Gasteiger partial charge is 0.379 e. The Morgan fingerprint density at radius 1 is 1.44 bits per heavy atom. The lowest BCUT2D eigenvalue weighted by atomic mass is 10.1. The zero-order valence-electron chi connectivity index (χ0n) is 11.3. The lowest BCUT2D eigenvalue weighted by Crippen LogP contribution is -2.24. The molecule has 2 aromatic rings. The van der Waals surface area contributed by atoms with E-state index in [1.807, 2.05) is 12.3 Å². The van der Waals surface area contributed by atoms with Crippen LogP contribution in [0.5, 0.6) is 0 Å². The number of aromatic nitrogens is 2. The smallest absolute Gasteiger partial charge is 0.140 e. The third-order valence-electron chi connectivity index (χ3n) is 3.44. The highest BCUT2D eigenvalue weighted by Crippen LogP contribution is 2.21. The van der Waals surface area contributed by atoms with Gasteiger partial charge in [-0.25, -0.2) is 4.98 Å². The summed E-state index contributed by atoms with van der Waals surface area (Å²) in [6.45, 7) is 5.61. The monoisotopic (exact) mass is 247 g/mol. The van der Waals surface area contributed by atoms with Gasteiger partial charge in [0.1, 0.15) is 5.65 Å². The fourth-order valence-electron chi connectivity index (χ4n) is 2.02. The van der Waals surface area contributed by atoms with Crippen molar-refractivity contribution < 1.29 is 4.74 Å². The summed E-state index contributed by atoms with van der Waals surface area (Å²) in [4.78, 5) is 4.44. The van der Waals surface area contributed by atoms with E-state index in [-0.39, 0.29) is 5.60 Å². The maximum Gasteiger partial charge on any atom is 0.140 e. The molecule has 4 heteroatoms. The van der Waals surface area contributed by atoms with E-state index in [1.54, 1.807) is 7.11 Å². The van der Waals surface area contributed by atoms with Crippen LogP contribution >= 0.6 is 0 Å². The molecule has 0 fully saturated rings. The molecule has 0 bridgehead atoms. The third-order valence-corrected chi connectivity index (χ3v) is 3.44. The first-order valence-corrected chi connectivity index (χ1v) is 6.25. The second-order valence-electron chi connectivity index (χ2n) is 5.14. The first kappa shape index (κ1) is 13.1. The molecule has 2 heterocycles. The van der Waals surface area contributed by atoms with E-state index in [0.717, 1.165) is 29.6 Å². The summed E-state index contributed by atoms with van der Waals surface area (Å²) >= 11 is 0. The Labute approximate surface area is 108 Å². The first-order chi connectivity index (χ1) is 8.57. The number of rotatable bonds is 5. The topological polar surface area (TPSA) is 53.1 Å². The van der Waals surface area contributed by atoms with Crippen LogP contribution in [0.3, 0.4) is 0 Å². The molecule has 0 aliphatic heterocycles. The van der Waals surface area contributed by atoms with Gasteiger partial charge in [-0.05, 0) is 38.0 Å². The van der Waals surface area contributed by atoms with Gasteiger partial charge in [0.15, 0.2) is 0 Å². The van der Waals surface area contributed by atoms with Gasteiger partial charge in [0.2, 0.25) is 0 Å². The predicted octanol–water partition coefficient (Wildman–Crippen LogP) is 2.31. The number of pyridine rings is 1. The van der Waals surface area contributed by atoms with Crippen LogP contribution in [0.1, 0.15) is 25.8 Å². The van der Waals surface area contributed by atoms with E-state index in [1.165, 1.54) is 0 Å². The first-order valence-electron chi connectivity index (χ1n) is 6.25. The van der Waals surface area contributed by atoms with Gasteiger partial charge in [-0.3, -0.25) is 0 Å². The summed E-state index contributed by atoms with van der Waals surface area (Å²) in [7, 11) is 1.75. The van der Waals surface area contributed by atoms with Crippen LogP contribution in [0.4, 0.5) is 0 Å². The van der Waals surface area contributed by atoms with Gasteiger partial charge >= 0.3 is 0 Å². The van der Waals surface area contributed by atoms with Crippen LogP contribution < -0.4 is 5.73 Å². The molecule has 0 aromatic carbocycles. The highest BCUT2D eigenvalue weighted by molar-refractivity contribution is 5.80. The van der Waals surface area contributed by atoms with Crippen LogP contribution in [0.15, 0.2) is 24.5 Å². The van der Waals surface area contributed by atoms with Crippen LogP contribution in [-0.2, 0) is 17.8 Å². The predicted molar refractivity (Wildman–Crippen MR) is 73.3 cm³/mol. The van der Waals surface area contributed by atoms with E-state index in [9.17, 15) is 0 Å². The molecule has 2 aromatic heterocycles. The normalized spacial score (nSPS) is 12.2. The van der Waals surface area contributed by atoms with Crippen LogP contribution in [0.2, 0.25) is 0 Å². The number of nitrogens with zero attached hydrogens (tertiary/aromatic N) is 2. The molecule has 18 heavy (non-hydrogen) atoms. The summed E-state index contributed by atoms with van der Waals surface area (Å²) in [5, 5.41) is 1.15. The van der Waals surface area contributed by atoms with Gasteiger partial charge in [0, 0.05) is 38.0 Å². The van der Waals surface area contributed by atoms with Crippen molar-refractivity contribution in [2.75, 3.05) is 7.11 Å². The number of nitrogens with two attached hydrogens (primary N) is 1. The lowest BCUT2D eigenvalue weighted by Gasteiger charge is -2.23. The molecule has 0 saturated heterocycles. The van der Waals surface area contributed by atoms with Crippen molar-refractivity contribution in [3.63, 3.8) is 0 Å². The fourth-order valence-corrected chi connectivity index (χ4v) is 2.02. The van der Waals surface area contributed by atoms with E-state index in [0.29, 0.717) is 6.54 Å². The minimum absolute atomic E-state index is 0.117. The molecule has 0 aliphatic carbocycles. The Morgan fingerprint density at radius 2 is 2.22 bits per heavy atom. The number of hydrogen-bond donors (Lipinski definition) is 1. The van der Waals surface area contributed by atoms with Crippen molar-refractivity contribution >= 4 is 11.0 Å². The van der Waals surface area contributed by atoms with Gasteiger partial charge in [-0.1, -0.05) is 0 Å². The molecule has 2 N–H and O–H groups in total. The SMILES string of the molecule is COC(C)(C)CCn1cc(CN)c2cccnc21. The highest BCUT2D eigenvalue weighted by Gasteiger charge is 2.17. The summed E-state index contributed by atoms with van der Waals surface area (Å²) in [5.74, 6) is 0. The average molecular weight is 247 g/mol. The van der Waals surface area contributed by atoms with Crippen molar-refractivity contribution in [2.45, 2.75) is 39.0 Å². The molecular weight excluding hydrogens is 226 g/mol. The highest BCUT2D eigenvalue weighted by atomic mass is 16.5. The Kier molecular flexibility index (Phi) is 3.68. The standard InChI is InChI=1S/C14H21N3O/c1-14(2,18-3)6-8-17-10-11(9-15)12-5-4-7-16-13(12)17/h4-5,7,10H,6,8-9,15H2,1-3H3. The number of fused-ring (bicyclic) bond motifs is 1. The minimum Gasteiger partial charge on any atom is -0.379 e. The maximum absolute atomic E-state index is 5.77. The Morgan fingerprint density at radius 3 is 2.89 bits per heavy atom. The quantitative estimate of drug-likeness (QED) is 0.882. The minimum atomic E-state index is -0.117. The van der Waals surface area contributed by atoms with Crippen LogP contribution in [0.25, 0.3) is 11.0 Å². The molecule has 0 amide bonds. The van der Waals surface area contributed by atoms with Crippen molar-refractivity contribution in [3.8, 4) is 0 Å². The van der Waals surface area contributed by atoms with Crippen molar-refractivity contribution in [1.82, 2.24) is 9.55 Å². The summed E-state index contributed by atoms with van der Waals surface area (Å²) in [6.07, 6.45) is 4.86. The number of methoxy groups -OCH3 is 1. The lowest BCUT2D eigenvalue weighted by molar-refractivity contribution is 0.0123. The molecule has 0 saturated carbocycles. The van der Waals surface area contributed by atoms with E-state index in [2.05, 4.69) is 35.7 Å². The molecule has 0 atom stereocenters. The fraction of sp³-hybridized carbons (Fsp3) is 0.500. The van der Waals surface area contributed by atoms with Crippen LogP contribution in [0, 0.1) is 0 Å². The average Bonchev–Trinajstić information content (AvgIpc) is 2.75. The molecule has 0 aliphatic rings. The van der Waals surface area contributed by atoms with Crippen molar-refractivity contribution in [3.05, 3.63) is 30.1 Å². The van der Waals surface area contributed by atoms with E-state index in [4.69, 9.17) is 10.5 Å². The Hall–Kier alpha value is -1.39. The zero-order valence-corrected chi connectivity index (χ0v) is 11.3. The van der Waals surface area contributed by atoms with Gasteiger partial charge in [0.05, 0.1) is 5.60 Å². The molecular formula is C14H21N3O.